The molecule has 2 aromatic rings. The first-order valence-electron chi connectivity index (χ1n) is 4.99. The minimum absolute atomic E-state index is 0.366. The molecule has 0 aliphatic carbocycles. The predicted molar refractivity (Wildman–Crippen MR) is 57.5 cm³/mol. The molecule has 0 radical (unpaired) electrons. The van der Waals surface area contributed by atoms with Crippen LogP contribution in [0, 0.1) is 0 Å². The van der Waals surface area contributed by atoms with Crippen molar-refractivity contribution in [1.29, 1.82) is 0 Å². The Morgan fingerprint density at radius 1 is 1.47 bits per heavy atom. The van der Waals surface area contributed by atoms with E-state index in [0.29, 0.717) is 6.04 Å². The third kappa shape index (κ3) is 1.74. The third-order valence-corrected chi connectivity index (χ3v) is 2.38. The van der Waals surface area contributed by atoms with E-state index in [1.165, 1.54) is 6.33 Å². The van der Waals surface area contributed by atoms with Crippen LogP contribution in [-0.4, -0.2) is 31.0 Å². The maximum Gasteiger partial charge on any atom is 0.183 e. The molecule has 0 aromatic carbocycles. The van der Waals surface area contributed by atoms with Crippen LogP contribution in [-0.2, 0) is 7.05 Å². The summed E-state index contributed by atoms with van der Waals surface area (Å²) in [5.74, 6) is 0.752. The van der Waals surface area contributed by atoms with Crippen LogP contribution in [0.25, 0.3) is 11.2 Å². The van der Waals surface area contributed by atoms with Crippen LogP contribution >= 0.6 is 0 Å². The van der Waals surface area contributed by atoms with Crippen LogP contribution in [0.15, 0.2) is 6.33 Å². The van der Waals surface area contributed by atoms with E-state index in [-0.39, 0.29) is 0 Å². The van der Waals surface area contributed by atoms with E-state index < -0.39 is 0 Å². The van der Waals surface area contributed by atoms with Gasteiger partial charge in [0.05, 0.1) is 0 Å². The summed E-state index contributed by atoms with van der Waals surface area (Å²) in [7, 11) is 1.81. The summed E-state index contributed by atoms with van der Waals surface area (Å²) < 4.78 is 1.64. The highest BCUT2D eigenvalue weighted by molar-refractivity contribution is 5.81. The lowest BCUT2D eigenvalue weighted by Gasteiger charge is -2.11. The molecular weight excluding hydrogens is 192 g/mol. The van der Waals surface area contributed by atoms with E-state index in [2.05, 4.69) is 39.4 Å². The highest BCUT2D eigenvalue weighted by Crippen LogP contribution is 2.16. The second-order valence-corrected chi connectivity index (χ2v) is 3.56. The Morgan fingerprint density at radius 2 is 2.27 bits per heavy atom. The first kappa shape index (κ1) is 9.82. The summed E-state index contributed by atoms with van der Waals surface area (Å²) in [5.41, 5.74) is 1.47. The highest BCUT2D eigenvalue weighted by Gasteiger charge is 2.10. The molecule has 2 aromatic heterocycles. The van der Waals surface area contributed by atoms with Gasteiger partial charge in [0.15, 0.2) is 17.0 Å². The SMILES string of the molecule is CCC(C)Nc1ncnc2c1nnn2C. The lowest BCUT2D eigenvalue weighted by atomic mass is 10.2. The maximum atomic E-state index is 4.17. The summed E-state index contributed by atoms with van der Waals surface area (Å²) in [6, 6.07) is 0.366. The summed E-state index contributed by atoms with van der Waals surface area (Å²) in [6.45, 7) is 4.22. The lowest BCUT2D eigenvalue weighted by molar-refractivity contribution is 0.729. The normalized spacial score (nSPS) is 13.0. The van der Waals surface area contributed by atoms with Gasteiger partial charge in [0.25, 0.3) is 0 Å². The molecule has 0 saturated heterocycles. The minimum atomic E-state index is 0.366. The molecule has 6 heteroatoms. The van der Waals surface area contributed by atoms with Gasteiger partial charge in [0.1, 0.15) is 6.33 Å². The van der Waals surface area contributed by atoms with E-state index in [1.54, 1.807) is 4.68 Å². The summed E-state index contributed by atoms with van der Waals surface area (Å²) in [6.07, 6.45) is 2.56. The zero-order valence-corrected chi connectivity index (χ0v) is 9.10. The van der Waals surface area contributed by atoms with Crippen molar-refractivity contribution in [3.63, 3.8) is 0 Å². The Bertz CT molecular complexity index is 463. The molecule has 2 rings (SSSR count). The lowest BCUT2D eigenvalue weighted by Crippen LogP contribution is -2.14. The van der Waals surface area contributed by atoms with Crippen LogP contribution in [0.2, 0.25) is 0 Å². The largest absolute Gasteiger partial charge is 0.366 e. The van der Waals surface area contributed by atoms with Gasteiger partial charge >= 0.3 is 0 Å². The molecule has 0 fully saturated rings. The topological polar surface area (TPSA) is 68.5 Å². The molecular formula is C9H14N6. The van der Waals surface area contributed by atoms with Gasteiger partial charge in [-0.25, -0.2) is 14.6 Å². The van der Waals surface area contributed by atoms with E-state index in [4.69, 9.17) is 0 Å². The molecule has 1 atom stereocenters. The first-order chi connectivity index (χ1) is 7.22. The molecule has 0 amide bonds. The van der Waals surface area contributed by atoms with Crippen LogP contribution < -0.4 is 5.32 Å². The van der Waals surface area contributed by atoms with Crippen molar-refractivity contribution in [2.24, 2.45) is 7.05 Å². The summed E-state index contributed by atoms with van der Waals surface area (Å²) in [4.78, 5) is 8.29. The predicted octanol–water partition coefficient (Wildman–Crippen LogP) is 0.969. The standard InChI is InChI=1S/C9H14N6/c1-4-6(2)12-8-7-9(11-5-10-8)15(3)14-13-7/h5-6H,4H2,1-3H3,(H,10,11,12). The second kappa shape index (κ2) is 3.80. The Kier molecular flexibility index (Phi) is 2.49. The number of aryl methyl sites for hydroxylation is 1. The van der Waals surface area contributed by atoms with Gasteiger partial charge in [-0.05, 0) is 13.3 Å². The third-order valence-electron chi connectivity index (χ3n) is 2.38. The number of nitrogens with one attached hydrogen (secondary N) is 1. The van der Waals surface area contributed by atoms with E-state index >= 15 is 0 Å². The number of fused-ring (bicyclic) bond motifs is 1. The average Bonchev–Trinajstić information content (AvgIpc) is 2.62. The fourth-order valence-corrected chi connectivity index (χ4v) is 1.29. The Morgan fingerprint density at radius 3 is 3.00 bits per heavy atom. The molecule has 80 valence electrons. The van der Waals surface area contributed by atoms with E-state index in [1.807, 2.05) is 7.05 Å². The van der Waals surface area contributed by atoms with E-state index in [0.717, 1.165) is 23.4 Å². The zero-order valence-electron chi connectivity index (χ0n) is 9.10. The van der Waals surface area contributed by atoms with Gasteiger partial charge < -0.3 is 5.32 Å². The highest BCUT2D eigenvalue weighted by atomic mass is 15.4. The van der Waals surface area contributed by atoms with Gasteiger partial charge in [0, 0.05) is 13.1 Å². The van der Waals surface area contributed by atoms with Crippen molar-refractivity contribution in [2.45, 2.75) is 26.3 Å². The van der Waals surface area contributed by atoms with Crippen molar-refractivity contribution < 1.29 is 0 Å². The fraction of sp³-hybridized carbons (Fsp3) is 0.556. The molecule has 6 nitrogen and oxygen atoms in total. The number of hydrogen-bond donors (Lipinski definition) is 1. The van der Waals surface area contributed by atoms with Gasteiger partial charge in [-0.3, -0.25) is 0 Å². The number of rotatable bonds is 3. The Balaban J connectivity index is 2.43. The number of anilines is 1. The monoisotopic (exact) mass is 206 g/mol. The van der Waals surface area contributed by atoms with Gasteiger partial charge in [0.2, 0.25) is 0 Å². The first-order valence-corrected chi connectivity index (χ1v) is 4.99. The molecule has 2 heterocycles. The van der Waals surface area contributed by atoms with Crippen molar-refractivity contribution in [1.82, 2.24) is 25.0 Å². The average molecular weight is 206 g/mol. The minimum Gasteiger partial charge on any atom is -0.366 e. The molecule has 0 aliphatic heterocycles. The van der Waals surface area contributed by atoms with Gasteiger partial charge in [-0.2, -0.15) is 0 Å². The van der Waals surface area contributed by atoms with Gasteiger partial charge in [-0.1, -0.05) is 12.1 Å². The summed E-state index contributed by atoms with van der Waals surface area (Å²) in [5, 5.41) is 11.2. The Hall–Kier alpha value is -1.72. The van der Waals surface area contributed by atoms with Gasteiger partial charge in [-0.15, -0.1) is 5.10 Å². The quantitative estimate of drug-likeness (QED) is 0.810. The number of nitrogens with zero attached hydrogens (tertiary/aromatic N) is 5. The molecule has 0 saturated carbocycles. The second-order valence-electron chi connectivity index (χ2n) is 3.56. The van der Waals surface area contributed by atoms with Crippen molar-refractivity contribution >= 4 is 17.0 Å². The van der Waals surface area contributed by atoms with Crippen molar-refractivity contribution in [2.75, 3.05) is 5.32 Å². The molecule has 0 aliphatic rings. The van der Waals surface area contributed by atoms with Crippen LogP contribution in [0.4, 0.5) is 5.82 Å². The molecule has 0 spiro atoms. The van der Waals surface area contributed by atoms with Crippen LogP contribution in [0.1, 0.15) is 20.3 Å². The fourth-order valence-electron chi connectivity index (χ4n) is 1.29. The van der Waals surface area contributed by atoms with Crippen molar-refractivity contribution in [3.05, 3.63) is 6.33 Å². The molecule has 1 unspecified atom stereocenters. The summed E-state index contributed by atoms with van der Waals surface area (Å²) >= 11 is 0. The number of hydrogen-bond acceptors (Lipinski definition) is 5. The van der Waals surface area contributed by atoms with Crippen LogP contribution in [0.5, 0.6) is 0 Å². The Labute approximate surface area is 87.7 Å². The smallest absolute Gasteiger partial charge is 0.183 e. The van der Waals surface area contributed by atoms with Crippen molar-refractivity contribution in [3.8, 4) is 0 Å². The molecule has 0 bridgehead atoms. The van der Waals surface area contributed by atoms with Crippen LogP contribution in [0.3, 0.4) is 0 Å². The van der Waals surface area contributed by atoms with E-state index in [9.17, 15) is 0 Å². The zero-order chi connectivity index (χ0) is 10.8. The number of aromatic nitrogens is 5. The maximum absolute atomic E-state index is 4.17. The molecule has 15 heavy (non-hydrogen) atoms. The molecule has 1 N–H and O–H groups in total.